The number of rotatable bonds is 6. The number of nitrogens with zero attached hydrogens (tertiary/aromatic N) is 2. The van der Waals surface area contributed by atoms with E-state index in [1.807, 2.05) is 6.92 Å². The molecule has 0 aromatic carbocycles. The van der Waals surface area contributed by atoms with Crippen LogP contribution in [0.5, 0.6) is 0 Å². The summed E-state index contributed by atoms with van der Waals surface area (Å²) in [4.78, 5) is 25.3. The Balaban J connectivity index is 2.13. The number of H-pyrrole nitrogens is 1. The van der Waals surface area contributed by atoms with E-state index in [4.69, 9.17) is 9.47 Å². The fraction of sp³-hybridized carbons (Fsp3) is 0.643. The first kappa shape index (κ1) is 17.7. The number of urea groups is 1. The van der Waals surface area contributed by atoms with Crippen LogP contribution in [0.4, 0.5) is 4.79 Å². The van der Waals surface area contributed by atoms with Crippen molar-refractivity contribution in [3.8, 4) is 0 Å². The van der Waals surface area contributed by atoms with Gasteiger partial charge in [0.1, 0.15) is 16.8 Å². The maximum atomic E-state index is 12.0. The van der Waals surface area contributed by atoms with Crippen LogP contribution in [-0.4, -0.2) is 59.9 Å². The minimum Gasteiger partial charge on any atom is -0.464 e. The third-order valence-electron chi connectivity index (χ3n) is 3.63. The third kappa shape index (κ3) is 4.23. The van der Waals surface area contributed by atoms with Gasteiger partial charge < -0.3 is 19.7 Å². The summed E-state index contributed by atoms with van der Waals surface area (Å²) in [5.41, 5.74) is -0.166. The van der Waals surface area contributed by atoms with Gasteiger partial charge in [0.15, 0.2) is 0 Å². The molecule has 8 nitrogen and oxygen atoms in total. The maximum Gasteiger partial charge on any atom is 0.332 e. The second-order valence-corrected chi connectivity index (χ2v) is 6.05. The Labute approximate surface area is 143 Å². The lowest BCUT2D eigenvalue weighted by molar-refractivity contribution is -0.156. The number of carbonyl (C=O) groups is 2. The van der Waals surface area contributed by atoms with Gasteiger partial charge in [-0.05, 0) is 35.8 Å². The molecular weight excluding hydrogens is 368 g/mol. The first-order valence-electron chi connectivity index (χ1n) is 7.54. The van der Waals surface area contributed by atoms with Gasteiger partial charge in [-0.3, -0.25) is 5.10 Å². The summed E-state index contributed by atoms with van der Waals surface area (Å²) in [5, 5.41) is 9.80. The zero-order chi connectivity index (χ0) is 16.9. The van der Waals surface area contributed by atoms with Crippen molar-refractivity contribution in [1.82, 2.24) is 20.4 Å². The fourth-order valence-corrected chi connectivity index (χ4v) is 2.86. The number of esters is 1. The van der Waals surface area contributed by atoms with Gasteiger partial charge in [0.05, 0.1) is 18.8 Å². The van der Waals surface area contributed by atoms with Gasteiger partial charge in [0.2, 0.25) is 0 Å². The minimum atomic E-state index is -0.819. The number of hydrogen-bond donors (Lipinski definition) is 2. The Morgan fingerprint density at radius 3 is 2.91 bits per heavy atom. The van der Waals surface area contributed by atoms with Gasteiger partial charge >= 0.3 is 12.0 Å². The number of aromatic nitrogens is 2. The molecule has 1 saturated heterocycles. The second-order valence-electron chi connectivity index (χ2n) is 5.20. The van der Waals surface area contributed by atoms with Crippen LogP contribution in [-0.2, 0) is 19.9 Å². The number of likely N-dealkylation sites (tertiary alicyclic amines) is 1. The lowest BCUT2D eigenvalue weighted by atomic mass is 9.99. The summed E-state index contributed by atoms with van der Waals surface area (Å²) >= 11 is 3.32. The van der Waals surface area contributed by atoms with Gasteiger partial charge in [-0.25, -0.2) is 9.59 Å². The molecule has 2 N–H and O–H groups in total. The van der Waals surface area contributed by atoms with Gasteiger partial charge in [-0.15, -0.1) is 0 Å². The molecule has 1 aliphatic heterocycles. The number of ether oxygens (including phenoxy) is 2. The van der Waals surface area contributed by atoms with Crippen molar-refractivity contribution in [2.75, 3.05) is 32.8 Å². The highest BCUT2D eigenvalue weighted by atomic mass is 79.9. The fourth-order valence-electron chi connectivity index (χ4n) is 2.55. The minimum absolute atomic E-state index is 0.149. The molecule has 1 aliphatic rings. The molecule has 2 rings (SSSR count). The van der Waals surface area contributed by atoms with E-state index >= 15 is 0 Å². The molecule has 1 unspecified atom stereocenters. The smallest absolute Gasteiger partial charge is 0.332 e. The highest BCUT2D eigenvalue weighted by molar-refractivity contribution is 9.10. The van der Waals surface area contributed by atoms with Crippen LogP contribution in [0.2, 0.25) is 0 Å². The molecular formula is C14H21BrN4O4. The van der Waals surface area contributed by atoms with Crippen LogP contribution in [0.25, 0.3) is 0 Å². The van der Waals surface area contributed by atoms with Gasteiger partial charge in [0.25, 0.3) is 0 Å². The van der Waals surface area contributed by atoms with Crippen LogP contribution in [0, 0.1) is 0 Å². The van der Waals surface area contributed by atoms with Crippen molar-refractivity contribution < 1.29 is 19.1 Å². The standard InChI is InChI=1S/C14H21BrN4O4/c1-3-16-13(21)19-6-5-14(9-19,10-7-11(15)18-17-10)23-8-12(20)22-4-2/h7H,3-6,8-9H2,1-2H3,(H,16,21)(H,17,18). The number of aromatic amines is 1. The number of carbonyl (C=O) groups excluding carboxylic acids is 2. The number of hydrogen-bond acceptors (Lipinski definition) is 5. The molecule has 1 fully saturated rings. The van der Waals surface area contributed by atoms with E-state index in [9.17, 15) is 9.59 Å². The summed E-state index contributed by atoms with van der Waals surface area (Å²) in [5.74, 6) is -0.432. The molecule has 1 aromatic heterocycles. The molecule has 0 radical (unpaired) electrons. The van der Waals surface area contributed by atoms with Crippen molar-refractivity contribution in [2.24, 2.45) is 0 Å². The van der Waals surface area contributed by atoms with E-state index in [0.717, 1.165) is 0 Å². The van der Waals surface area contributed by atoms with Crippen molar-refractivity contribution >= 4 is 27.9 Å². The lowest BCUT2D eigenvalue weighted by Crippen LogP contribution is -2.42. The Morgan fingerprint density at radius 2 is 2.30 bits per heavy atom. The van der Waals surface area contributed by atoms with Gasteiger partial charge in [0, 0.05) is 19.5 Å². The first-order chi connectivity index (χ1) is 11.0. The topological polar surface area (TPSA) is 96.5 Å². The molecule has 1 atom stereocenters. The second kappa shape index (κ2) is 7.78. The Morgan fingerprint density at radius 1 is 1.52 bits per heavy atom. The predicted octanol–water partition coefficient (Wildman–Crippen LogP) is 1.38. The van der Waals surface area contributed by atoms with E-state index in [2.05, 4.69) is 31.4 Å². The number of nitrogens with one attached hydrogen (secondary N) is 2. The molecule has 0 spiro atoms. The molecule has 0 aliphatic carbocycles. The average Bonchev–Trinajstić information content (AvgIpc) is 3.13. The van der Waals surface area contributed by atoms with E-state index < -0.39 is 11.6 Å². The van der Waals surface area contributed by atoms with Gasteiger partial charge in [-0.1, -0.05) is 0 Å². The van der Waals surface area contributed by atoms with Crippen LogP contribution in [0.1, 0.15) is 26.0 Å². The highest BCUT2D eigenvalue weighted by Crippen LogP contribution is 2.35. The first-order valence-corrected chi connectivity index (χ1v) is 8.33. The predicted molar refractivity (Wildman–Crippen MR) is 85.8 cm³/mol. The van der Waals surface area contributed by atoms with Crippen LogP contribution in [0.3, 0.4) is 0 Å². The third-order valence-corrected chi connectivity index (χ3v) is 4.04. The monoisotopic (exact) mass is 388 g/mol. The zero-order valence-electron chi connectivity index (χ0n) is 13.2. The van der Waals surface area contributed by atoms with E-state index in [0.29, 0.717) is 43.0 Å². The summed E-state index contributed by atoms with van der Waals surface area (Å²) in [6.45, 7) is 5.14. The largest absolute Gasteiger partial charge is 0.464 e. The quantitative estimate of drug-likeness (QED) is 0.717. The lowest BCUT2D eigenvalue weighted by Gasteiger charge is -2.27. The van der Waals surface area contributed by atoms with Crippen molar-refractivity contribution in [2.45, 2.75) is 25.9 Å². The Bertz CT molecular complexity index is 565. The maximum absolute atomic E-state index is 12.0. The van der Waals surface area contributed by atoms with E-state index in [1.165, 1.54) is 0 Å². The Kier molecular flexibility index (Phi) is 6.00. The highest BCUT2D eigenvalue weighted by Gasteiger charge is 2.44. The van der Waals surface area contributed by atoms with E-state index in [1.54, 1.807) is 17.9 Å². The zero-order valence-corrected chi connectivity index (χ0v) is 14.8. The Hall–Kier alpha value is -1.61. The molecule has 2 heterocycles. The normalized spacial score (nSPS) is 20.6. The molecule has 2 amide bonds. The van der Waals surface area contributed by atoms with Crippen molar-refractivity contribution in [3.63, 3.8) is 0 Å². The van der Waals surface area contributed by atoms with Crippen LogP contribution >= 0.6 is 15.9 Å². The van der Waals surface area contributed by atoms with E-state index in [-0.39, 0.29) is 12.6 Å². The van der Waals surface area contributed by atoms with Gasteiger partial charge in [-0.2, -0.15) is 5.10 Å². The van der Waals surface area contributed by atoms with Crippen LogP contribution < -0.4 is 5.32 Å². The summed E-state index contributed by atoms with van der Waals surface area (Å²) in [6, 6.07) is 1.65. The molecule has 0 bridgehead atoms. The number of amides is 2. The number of halogens is 1. The molecule has 0 saturated carbocycles. The summed E-state index contributed by atoms with van der Waals surface area (Å²) in [7, 11) is 0. The molecule has 128 valence electrons. The van der Waals surface area contributed by atoms with Crippen LogP contribution in [0.15, 0.2) is 10.7 Å². The summed E-state index contributed by atoms with van der Waals surface area (Å²) in [6.07, 6.45) is 0.556. The summed E-state index contributed by atoms with van der Waals surface area (Å²) < 4.78 is 11.5. The molecule has 23 heavy (non-hydrogen) atoms. The van der Waals surface area contributed by atoms with Crippen molar-refractivity contribution in [3.05, 3.63) is 16.4 Å². The molecule has 9 heteroatoms. The average molecular weight is 389 g/mol. The SMILES string of the molecule is CCNC(=O)N1CCC(OCC(=O)OCC)(c2cc(Br)[nH]n2)C1. The molecule has 1 aromatic rings. The van der Waals surface area contributed by atoms with Crippen molar-refractivity contribution in [1.29, 1.82) is 0 Å².